The van der Waals surface area contributed by atoms with Crippen molar-refractivity contribution in [3.63, 3.8) is 0 Å². The number of nitrogens with one attached hydrogen (secondary N) is 1. The molecule has 29 heavy (non-hydrogen) atoms. The maximum Gasteiger partial charge on any atom is 0.205 e. The van der Waals surface area contributed by atoms with Gasteiger partial charge in [-0.05, 0) is 41.3 Å². The van der Waals surface area contributed by atoms with Gasteiger partial charge in [0.2, 0.25) is 7.29 Å². The molecule has 0 aliphatic carbocycles. The van der Waals surface area contributed by atoms with Crippen molar-refractivity contribution < 1.29 is 4.57 Å². The van der Waals surface area contributed by atoms with Gasteiger partial charge in [-0.25, -0.2) is 5.09 Å². The molecule has 1 atom stereocenters. The molecule has 3 aromatic carbocycles. The summed E-state index contributed by atoms with van der Waals surface area (Å²) >= 11 is 1.62. The highest BCUT2D eigenvalue weighted by Gasteiger charge is 2.30. The van der Waals surface area contributed by atoms with E-state index in [2.05, 4.69) is 16.9 Å². The fourth-order valence-electron chi connectivity index (χ4n) is 3.08. The first-order chi connectivity index (χ1) is 14.3. The van der Waals surface area contributed by atoms with E-state index in [9.17, 15) is 4.57 Å². The van der Waals surface area contributed by atoms with Crippen molar-refractivity contribution in [2.75, 3.05) is 0 Å². The standard InChI is InChI=1S/C25H20NOPS/c27-28(23-12-6-2-7-13-23,24-14-8-3-9-15-24)26-25(22-10-4-1-5-11-22)17-16-21-18-19-29-20-21/h1-15,18-20,25H,(H,26,27)/t25-/m1/s1. The molecule has 4 heteroatoms. The van der Waals surface area contributed by atoms with Gasteiger partial charge in [0.05, 0.1) is 0 Å². The van der Waals surface area contributed by atoms with Crippen molar-refractivity contribution in [1.82, 2.24) is 5.09 Å². The highest BCUT2D eigenvalue weighted by molar-refractivity contribution is 7.76. The minimum Gasteiger partial charge on any atom is -0.296 e. The summed E-state index contributed by atoms with van der Waals surface area (Å²) in [5.41, 5.74) is 1.95. The van der Waals surface area contributed by atoms with Crippen LogP contribution in [0, 0.1) is 11.8 Å². The number of rotatable bonds is 5. The highest BCUT2D eigenvalue weighted by Crippen LogP contribution is 2.41. The van der Waals surface area contributed by atoms with Crippen molar-refractivity contribution in [1.29, 1.82) is 0 Å². The van der Waals surface area contributed by atoms with Crippen LogP contribution in [0.5, 0.6) is 0 Å². The van der Waals surface area contributed by atoms with E-state index in [1.165, 1.54) is 0 Å². The second kappa shape index (κ2) is 9.07. The van der Waals surface area contributed by atoms with E-state index in [-0.39, 0.29) is 6.04 Å². The molecule has 0 bridgehead atoms. The minimum atomic E-state index is -3.10. The van der Waals surface area contributed by atoms with Crippen LogP contribution < -0.4 is 15.7 Å². The molecular formula is C25H20NOPS. The van der Waals surface area contributed by atoms with Crippen LogP contribution in [-0.2, 0) is 4.57 Å². The molecule has 0 aliphatic rings. The van der Waals surface area contributed by atoms with Crippen LogP contribution >= 0.6 is 18.6 Å². The average molecular weight is 413 g/mol. The summed E-state index contributed by atoms with van der Waals surface area (Å²) in [7, 11) is -3.10. The SMILES string of the molecule is O=P(N[C@H](C#Cc1ccsc1)c1ccccc1)(c1ccccc1)c1ccccc1. The molecule has 0 aliphatic heterocycles. The van der Waals surface area contributed by atoms with E-state index in [0.29, 0.717) is 0 Å². The van der Waals surface area contributed by atoms with Gasteiger partial charge < -0.3 is 0 Å². The average Bonchev–Trinajstić information content (AvgIpc) is 3.32. The first-order valence-corrected chi connectivity index (χ1v) is 12.0. The number of thiophene rings is 1. The Labute approximate surface area is 175 Å². The number of hydrogen-bond acceptors (Lipinski definition) is 2. The molecule has 1 heterocycles. The molecule has 4 aromatic rings. The fourth-order valence-corrected chi connectivity index (χ4v) is 6.03. The molecule has 0 spiro atoms. The first-order valence-electron chi connectivity index (χ1n) is 9.33. The van der Waals surface area contributed by atoms with Crippen LogP contribution in [0.4, 0.5) is 0 Å². The molecule has 1 N–H and O–H groups in total. The Hall–Kier alpha value is -2.89. The lowest BCUT2D eigenvalue weighted by atomic mass is 10.1. The van der Waals surface area contributed by atoms with E-state index >= 15 is 0 Å². The highest BCUT2D eigenvalue weighted by atomic mass is 32.1. The second-order valence-corrected chi connectivity index (χ2v) is 9.82. The molecule has 0 unspecified atom stereocenters. The van der Waals surface area contributed by atoms with Crippen LogP contribution in [0.3, 0.4) is 0 Å². The van der Waals surface area contributed by atoms with Crippen LogP contribution in [0.25, 0.3) is 0 Å². The van der Waals surface area contributed by atoms with Crippen molar-refractivity contribution in [3.8, 4) is 11.8 Å². The Morgan fingerprint density at radius 3 is 1.83 bits per heavy atom. The number of hydrogen-bond donors (Lipinski definition) is 1. The van der Waals surface area contributed by atoms with Crippen LogP contribution in [0.15, 0.2) is 108 Å². The molecule has 0 radical (unpaired) electrons. The molecular weight excluding hydrogens is 393 g/mol. The van der Waals surface area contributed by atoms with Gasteiger partial charge in [-0.1, -0.05) is 78.6 Å². The van der Waals surface area contributed by atoms with Gasteiger partial charge in [-0.2, -0.15) is 11.3 Å². The molecule has 2 nitrogen and oxygen atoms in total. The second-order valence-electron chi connectivity index (χ2n) is 6.53. The predicted molar refractivity (Wildman–Crippen MR) is 123 cm³/mol. The van der Waals surface area contributed by atoms with Crippen LogP contribution in [-0.4, -0.2) is 0 Å². The van der Waals surface area contributed by atoms with Crippen LogP contribution in [0.1, 0.15) is 17.2 Å². The summed E-state index contributed by atoms with van der Waals surface area (Å²) in [6, 6.07) is 30.8. The van der Waals surface area contributed by atoms with Gasteiger partial charge in [-0.15, -0.1) is 0 Å². The van der Waals surface area contributed by atoms with E-state index in [1.807, 2.05) is 108 Å². The molecule has 4 rings (SSSR count). The van der Waals surface area contributed by atoms with Gasteiger partial charge in [0.25, 0.3) is 0 Å². The van der Waals surface area contributed by atoms with E-state index in [1.54, 1.807) is 11.3 Å². The van der Waals surface area contributed by atoms with E-state index in [0.717, 1.165) is 21.7 Å². The van der Waals surface area contributed by atoms with Crippen molar-refractivity contribution in [2.45, 2.75) is 6.04 Å². The predicted octanol–water partition coefficient (Wildman–Crippen LogP) is 5.36. The Kier molecular flexibility index (Phi) is 6.08. The Bertz CT molecular complexity index is 1100. The quantitative estimate of drug-likeness (QED) is 0.353. The van der Waals surface area contributed by atoms with Crippen molar-refractivity contribution in [2.24, 2.45) is 0 Å². The summed E-state index contributed by atoms with van der Waals surface area (Å²) < 4.78 is 14.4. The van der Waals surface area contributed by atoms with Crippen molar-refractivity contribution >= 4 is 29.2 Å². The zero-order chi connectivity index (χ0) is 19.9. The molecule has 0 amide bonds. The summed E-state index contributed by atoms with van der Waals surface area (Å²) in [5, 5.41) is 8.99. The topological polar surface area (TPSA) is 29.1 Å². The largest absolute Gasteiger partial charge is 0.296 e. The maximum atomic E-state index is 14.4. The third-order valence-electron chi connectivity index (χ3n) is 4.57. The summed E-state index contributed by atoms with van der Waals surface area (Å²) in [5.74, 6) is 6.53. The summed E-state index contributed by atoms with van der Waals surface area (Å²) in [6.45, 7) is 0. The Morgan fingerprint density at radius 1 is 0.759 bits per heavy atom. The van der Waals surface area contributed by atoms with Gasteiger partial charge in [0.15, 0.2) is 0 Å². The third kappa shape index (κ3) is 4.58. The Balaban J connectivity index is 1.80. The lowest BCUT2D eigenvalue weighted by Crippen LogP contribution is -2.30. The third-order valence-corrected chi connectivity index (χ3v) is 7.92. The normalized spacial score (nSPS) is 12.0. The van der Waals surface area contributed by atoms with Gasteiger partial charge in [0.1, 0.15) is 6.04 Å². The zero-order valence-electron chi connectivity index (χ0n) is 15.7. The Morgan fingerprint density at radius 2 is 1.31 bits per heavy atom. The molecule has 0 saturated carbocycles. The number of benzene rings is 3. The van der Waals surface area contributed by atoms with E-state index < -0.39 is 7.29 Å². The van der Waals surface area contributed by atoms with E-state index in [4.69, 9.17) is 0 Å². The van der Waals surface area contributed by atoms with Crippen molar-refractivity contribution in [3.05, 3.63) is 119 Å². The van der Waals surface area contributed by atoms with Crippen LogP contribution in [0.2, 0.25) is 0 Å². The fraction of sp³-hybridized carbons (Fsp3) is 0.0400. The van der Waals surface area contributed by atoms with Gasteiger partial charge >= 0.3 is 0 Å². The summed E-state index contributed by atoms with van der Waals surface area (Å²) in [6.07, 6.45) is 0. The zero-order valence-corrected chi connectivity index (χ0v) is 17.4. The van der Waals surface area contributed by atoms with Gasteiger partial charge in [-0.3, -0.25) is 4.57 Å². The molecule has 0 saturated heterocycles. The lowest BCUT2D eigenvalue weighted by molar-refractivity contribution is 0.574. The lowest BCUT2D eigenvalue weighted by Gasteiger charge is -2.24. The van der Waals surface area contributed by atoms with Gasteiger partial charge in [0, 0.05) is 21.6 Å². The summed E-state index contributed by atoms with van der Waals surface area (Å²) in [4.78, 5) is 0. The molecule has 0 fully saturated rings. The maximum absolute atomic E-state index is 14.4. The minimum absolute atomic E-state index is 0.373. The smallest absolute Gasteiger partial charge is 0.205 e. The molecule has 1 aromatic heterocycles. The first kappa shape index (κ1) is 19.4. The molecule has 142 valence electrons. The monoisotopic (exact) mass is 413 g/mol.